The number of hydrogen-bond acceptors (Lipinski definition) is 3. The number of rotatable bonds is 6. The molecule has 1 aliphatic carbocycles. The van der Waals surface area contributed by atoms with Gasteiger partial charge in [-0.15, -0.1) is 0 Å². The largest absolute Gasteiger partial charge is 0.346 e. The Morgan fingerprint density at radius 1 is 1.15 bits per heavy atom. The van der Waals surface area contributed by atoms with E-state index in [1.165, 1.54) is 12.8 Å². The molecular formula is C21H33N3O2. The van der Waals surface area contributed by atoms with Crippen LogP contribution in [-0.2, 0) is 9.59 Å². The van der Waals surface area contributed by atoms with E-state index in [-0.39, 0.29) is 24.4 Å². The number of amides is 2. The SMILES string of the molecule is Cc1cccc(C)c1NC(=O)CNC(=O)[C@H](C)N[C@@H]1CCC[C@H](C)[C@@H]1C. The van der Waals surface area contributed by atoms with Crippen LogP contribution in [0.1, 0.15) is 51.2 Å². The molecule has 5 nitrogen and oxygen atoms in total. The molecule has 26 heavy (non-hydrogen) atoms. The van der Waals surface area contributed by atoms with E-state index in [1.807, 2.05) is 39.0 Å². The van der Waals surface area contributed by atoms with Crippen LogP contribution in [0.3, 0.4) is 0 Å². The summed E-state index contributed by atoms with van der Waals surface area (Å²) in [6.07, 6.45) is 3.57. The second-order valence-corrected chi connectivity index (χ2v) is 7.79. The fraction of sp³-hybridized carbons (Fsp3) is 0.619. The highest BCUT2D eigenvalue weighted by molar-refractivity contribution is 5.96. The highest BCUT2D eigenvalue weighted by Crippen LogP contribution is 2.29. The molecule has 0 bridgehead atoms. The summed E-state index contributed by atoms with van der Waals surface area (Å²) in [5.41, 5.74) is 2.85. The molecule has 0 saturated heterocycles. The fourth-order valence-corrected chi connectivity index (χ4v) is 3.73. The summed E-state index contributed by atoms with van der Waals surface area (Å²) >= 11 is 0. The quantitative estimate of drug-likeness (QED) is 0.731. The van der Waals surface area contributed by atoms with Gasteiger partial charge in [0, 0.05) is 11.7 Å². The number of hydrogen-bond donors (Lipinski definition) is 3. The molecule has 0 spiro atoms. The lowest BCUT2D eigenvalue weighted by atomic mass is 9.78. The van der Waals surface area contributed by atoms with Gasteiger partial charge < -0.3 is 16.0 Å². The molecule has 5 heteroatoms. The Kier molecular flexibility index (Phi) is 7.21. The molecular weight excluding hydrogens is 326 g/mol. The number of para-hydroxylation sites is 1. The average Bonchev–Trinajstić information content (AvgIpc) is 2.60. The Labute approximate surface area is 157 Å². The van der Waals surface area contributed by atoms with Crippen LogP contribution in [0.2, 0.25) is 0 Å². The number of carbonyl (C=O) groups is 2. The van der Waals surface area contributed by atoms with Crippen molar-refractivity contribution >= 4 is 17.5 Å². The third-order valence-corrected chi connectivity index (χ3v) is 5.73. The Morgan fingerprint density at radius 3 is 2.46 bits per heavy atom. The fourth-order valence-electron chi connectivity index (χ4n) is 3.73. The van der Waals surface area contributed by atoms with Crippen molar-refractivity contribution in [2.75, 3.05) is 11.9 Å². The maximum absolute atomic E-state index is 12.3. The van der Waals surface area contributed by atoms with Gasteiger partial charge in [-0.1, -0.05) is 44.9 Å². The first-order valence-corrected chi connectivity index (χ1v) is 9.69. The van der Waals surface area contributed by atoms with Gasteiger partial charge >= 0.3 is 0 Å². The molecule has 4 atom stereocenters. The van der Waals surface area contributed by atoms with Gasteiger partial charge in [-0.25, -0.2) is 0 Å². The second-order valence-electron chi connectivity index (χ2n) is 7.79. The Bertz CT molecular complexity index is 624. The zero-order valence-electron chi connectivity index (χ0n) is 16.7. The molecule has 2 rings (SSSR count). The first-order valence-electron chi connectivity index (χ1n) is 9.69. The number of aryl methyl sites for hydroxylation is 2. The highest BCUT2D eigenvalue weighted by Gasteiger charge is 2.29. The molecule has 144 valence electrons. The second kappa shape index (κ2) is 9.17. The van der Waals surface area contributed by atoms with Crippen LogP contribution in [0.5, 0.6) is 0 Å². The molecule has 0 radical (unpaired) electrons. The molecule has 1 aromatic carbocycles. The summed E-state index contributed by atoms with van der Waals surface area (Å²) in [6.45, 7) is 10.3. The maximum Gasteiger partial charge on any atom is 0.243 e. The number of nitrogens with one attached hydrogen (secondary N) is 3. The molecule has 1 saturated carbocycles. The minimum Gasteiger partial charge on any atom is -0.346 e. The maximum atomic E-state index is 12.3. The van der Waals surface area contributed by atoms with Gasteiger partial charge in [-0.2, -0.15) is 0 Å². The van der Waals surface area contributed by atoms with E-state index in [0.717, 1.165) is 23.2 Å². The molecule has 0 heterocycles. The zero-order chi connectivity index (χ0) is 19.3. The van der Waals surface area contributed by atoms with E-state index in [1.54, 1.807) is 0 Å². The molecule has 1 fully saturated rings. The van der Waals surface area contributed by atoms with E-state index in [4.69, 9.17) is 0 Å². The van der Waals surface area contributed by atoms with E-state index in [9.17, 15) is 9.59 Å². The van der Waals surface area contributed by atoms with E-state index in [2.05, 4.69) is 29.8 Å². The van der Waals surface area contributed by atoms with Crippen LogP contribution >= 0.6 is 0 Å². The van der Waals surface area contributed by atoms with Gasteiger partial charge in [-0.05, 0) is 50.2 Å². The van der Waals surface area contributed by atoms with Crippen molar-refractivity contribution in [1.29, 1.82) is 0 Å². The molecule has 1 aromatic rings. The summed E-state index contributed by atoms with van der Waals surface area (Å²) in [5.74, 6) is 0.903. The van der Waals surface area contributed by atoms with Crippen molar-refractivity contribution in [3.05, 3.63) is 29.3 Å². The van der Waals surface area contributed by atoms with Crippen molar-refractivity contribution < 1.29 is 9.59 Å². The van der Waals surface area contributed by atoms with Crippen molar-refractivity contribution in [2.24, 2.45) is 11.8 Å². The summed E-state index contributed by atoms with van der Waals surface area (Å²) in [4.78, 5) is 24.5. The Morgan fingerprint density at radius 2 is 1.81 bits per heavy atom. The average molecular weight is 360 g/mol. The van der Waals surface area contributed by atoms with Crippen LogP contribution in [0.4, 0.5) is 5.69 Å². The lowest BCUT2D eigenvalue weighted by Crippen LogP contribution is -2.51. The zero-order valence-corrected chi connectivity index (χ0v) is 16.7. The Hall–Kier alpha value is -1.88. The van der Waals surface area contributed by atoms with Crippen LogP contribution in [0.15, 0.2) is 18.2 Å². The predicted octanol–water partition coefficient (Wildman–Crippen LogP) is 3.16. The van der Waals surface area contributed by atoms with E-state index >= 15 is 0 Å². The minimum atomic E-state index is -0.305. The first-order chi connectivity index (χ1) is 12.3. The number of carbonyl (C=O) groups excluding carboxylic acids is 2. The van der Waals surface area contributed by atoms with Crippen LogP contribution in [0.25, 0.3) is 0 Å². The summed E-state index contributed by atoms with van der Waals surface area (Å²) in [5, 5.41) is 9.08. The van der Waals surface area contributed by atoms with Crippen molar-refractivity contribution in [3.8, 4) is 0 Å². The smallest absolute Gasteiger partial charge is 0.243 e. The molecule has 0 aromatic heterocycles. The monoisotopic (exact) mass is 359 g/mol. The molecule has 1 aliphatic rings. The predicted molar refractivity (Wildman–Crippen MR) is 106 cm³/mol. The minimum absolute atomic E-state index is 0.0186. The summed E-state index contributed by atoms with van der Waals surface area (Å²) in [7, 11) is 0. The highest BCUT2D eigenvalue weighted by atomic mass is 16.2. The van der Waals surface area contributed by atoms with Gasteiger partial charge in [0.2, 0.25) is 11.8 Å². The van der Waals surface area contributed by atoms with Crippen molar-refractivity contribution in [1.82, 2.24) is 10.6 Å². The first kappa shape index (κ1) is 20.4. The lowest BCUT2D eigenvalue weighted by Gasteiger charge is -2.36. The number of anilines is 1. The van der Waals surface area contributed by atoms with Gasteiger partial charge in [-0.3, -0.25) is 9.59 Å². The molecule has 0 aliphatic heterocycles. The van der Waals surface area contributed by atoms with Crippen LogP contribution in [0, 0.1) is 25.7 Å². The third kappa shape index (κ3) is 5.31. The van der Waals surface area contributed by atoms with Crippen LogP contribution in [-0.4, -0.2) is 30.4 Å². The van der Waals surface area contributed by atoms with Gasteiger partial charge in [0.05, 0.1) is 12.6 Å². The van der Waals surface area contributed by atoms with Gasteiger partial charge in [0.25, 0.3) is 0 Å². The standard InChI is InChI=1S/C21H33N3O2/c1-13-8-7-11-18(16(13)4)23-17(5)21(26)22-12-19(25)24-20-14(2)9-6-10-15(20)3/h6,9-10,13,16-18,23H,7-8,11-12H2,1-5H3,(H,22,26)(H,24,25)/t13-,16-,17-,18+/m0/s1. The molecule has 0 unspecified atom stereocenters. The topological polar surface area (TPSA) is 70.2 Å². The third-order valence-electron chi connectivity index (χ3n) is 5.73. The molecule has 3 N–H and O–H groups in total. The van der Waals surface area contributed by atoms with Gasteiger partial charge in [0.1, 0.15) is 0 Å². The van der Waals surface area contributed by atoms with Crippen molar-refractivity contribution in [3.63, 3.8) is 0 Å². The van der Waals surface area contributed by atoms with E-state index in [0.29, 0.717) is 17.9 Å². The van der Waals surface area contributed by atoms with Gasteiger partial charge in [0.15, 0.2) is 0 Å². The van der Waals surface area contributed by atoms with Crippen LogP contribution < -0.4 is 16.0 Å². The van der Waals surface area contributed by atoms with Crippen molar-refractivity contribution in [2.45, 2.75) is 66.0 Å². The van der Waals surface area contributed by atoms with E-state index < -0.39 is 0 Å². The number of benzene rings is 1. The lowest BCUT2D eigenvalue weighted by molar-refractivity contribution is -0.125. The summed E-state index contributed by atoms with van der Waals surface area (Å²) in [6, 6.07) is 5.94. The summed E-state index contributed by atoms with van der Waals surface area (Å²) < 4.78 is 0. The molecule has 2 amide bonds. The Balaban J connectivity index is 1.81. The normalized spacial score (nSPS) is 24.0.